The van der Waals surface area contributed by atoms with Gasteiger partial charge < -0.3 is 5.32 Å². The minimum Gasteiger partial charge on any atom is -0.310 e. The fourth-order valence-electron chi connectivity index (χ4n) is 1.42. The maximum absolute atomic E-state index is 4.27. The van der Waals surface area contributed by atoms with Gasteiger partial charge in [0.2, 0.25) is 0 Å². The van der Waals surface area contributed by atoms with Crippen LogP contribution in [0.25, 0.3) is 0 Å². The maximum atomic E-state index is 4.27. The lowest BCUT2D eigenvalue weighted by Crippen LogP contribution is -2.29. The zero-order valence-corrected chi connectivity index (χ0v) is 10.4. The summed E-state index contributed by atoms with van der Waals surface area (Å²) in [5.41, 5.74) is 0.00530. The third kappa shape index (κ3) is 3.63. The van der Waals surface area contributed by atoms with Gasteiger partial charge in [-0.25, -0.2) is 9.67 Å². The molecule has 0 bridgehead atoms. The smallest absolute Gasteiger partial charge is 0.141 e. The molecule has 0 aliphatic heterocycles. The van der Waals surface area contributed by atoms with Crippen LogP contribution in [0, 0.1) is 5.92 Å². The number of nitrogens with one attached hydrogen (secondary N) is 1. The maximum Gasteiger partial charge on any atom is 0.141 e. The first-order valence-corrected chi connectivity index (χ1v) is 5.51. The molecule has 0 atom stereocenters. The number of nitrogens with zero attached hydrogens (tertiary/aromatic N) is 3. The van der Waals surface area contributed by atoms with Crippen molar-refractivity contribution >= 4 is 0 Å². The fraction of sp³-hybridized carbons (Fsp3) is 0.818. The molecule has 1 N–H and O–H groups in total. The molecular formula is C11H22N4. The van der Waals surface area contributed by atoms with E-state index in [4.69, 9.17) is 0 Å². The SMILES string of the molecule is CC(C)CNCc1ncnn1C(C)(C)C. The van der Waals surface area contributed by atoms with Gasteiger partial charge in [0.25, 0.3) is 0 Å². The Bertz CT molecular complexity index is 296. The average molecular weight is 210 g/mol. The molecule has 0 radical (unpaired) electrons. The van der Waals surface area contributed by atoms with Crippen LogP contribution in [0.4, 0.5) is 0 Å². The number of rotatable bonds is 4. The van der Waals surface area contributed by atoms with Gasteiger partial charge >= 0.3 is 0 Å². The zero-order valence-electron chi connectivity index (χ0n) is 10.4. The van der Waals surface area contributed by atoms with Gasteiger partial charge in [-0.05, 0) is 33.2 Å². The van der Waals surface area contributed by atoms with Crippen LogP contribution in [-0.2, 0) is 12.1 Å². The van der Waals surface area contributed by atoms with E-state index >= 15 is 0 Å². The molecule has 86 valence electrons. The third-order valence-electron chi connectivity index (χ3n) is 2.09. The van der Waals surface area contributed by atoms with Crippen LogP contribution in [0.15, 0.2) is 6.33 Å². The zero-order chi connectivity index (χ0) is 11.5. The minimum atomic E-state index is 0.00530. The van der Waals surface area contributed by atoms with Crippen LogP contribution in [0.1, 0.15) is 40.4 Å². The molecule has 0 amide bonds. The summed E-state index contributed by atoms with van der Waals surface area (Å²) in [6.45, 7) is 12.6. The fourth-order valence-corrected chi connectivity index (χ4v) is 1.42. The average Bonchev–Trinajstić information content (AvgIpc) is 2.50. The number of hydrogen-bond acceptors (Lipinski definition) is 3. The molecule has 0 aliphatic carbocycles. The molecule has 0 unspecified atom stereocenters. The molecule has 4 heteroatoms. The topological polar surface area (TPSA) is 42.7 Å². The van der Waals surface area contributed by atoms with E-state index in [1.165, 1.54) is 0 Å². The summed E-state index contributed by atoms with van der Waals surface area (Å²) in [6.07, 6.45) is 1.62. The second kappa shape index (κ2) is 4.75. The summed E-state index contributed by atoms with van der Waals surface area (Å²) in [6, 6.07) is 0. The Labute approximate surface area is 92.1 Å². The first-order chi connectivity index (χ1) is 6.91. The quantitative estimate of drug-likeness (QED) is 0.823. The molecule has 0 saturated carbocycles. The number of hydrogen-bond donors (Lipinski definition) is 1. The molecule has 0 aromatic carbocycles. The van der Waals surface area contributed by atoms with Crippen molar-refractivity contribution in [2.24, 2.45) is 5.92 Å². The molecule has 0 spiro atoms. The molecule has 1 aromatic heterocycles. The van der Waals surface area contributed by atoms with Crippen molar-refractivity contribution in [2.75, 3.05) is 6.54 Å². The highest BCUT2D eigenvalue weighted by atomic mass is 15.4. The molecule has 0 fully saturated rings. The molecule has 15 heavy (non-hydrogen) atoms. The molecule has 0 saturated heterocycles. The van der Waals surface area contributed by atoms with Crippen molar-refractivity contribution in [3.05, 3.63) is 12.2 Å². The lowest BCUT2D eigenvalue weighted by molar-refractivity contribution is 0.336. The Balaban J connectivity index is 2.58. The van der Waals surface area contributed by atoms with Crippen molar-refractivity contribution in [2.45, 2.75) is 46.7 Å². The first-order valence-electron chi connectivity index (χ1n) is 5.51. The highest BCUT2D eigenvalue weighted by molar-refractivity contribution is 4.89. The van der Waals surface area contributed by atoms with E-state index < -0.39 is 0 Å². The van der Waals surface area contributed by atoms with Crippen molar-refractivity contribution in [1.82, 2.24) is 20.1 Å². The van der Waals surface area contributed by atoms with Crippen molar-refractivity contribution in [3.63, 3.8) is 0 Å². The van der Waals surface area contributed by atoms with E-state index in [2.05, 4.69) is 50.0 Å². The van der Waals surface area contributed by atoms with Gasteiger partial charge in [0.05, 0.1) is 12.1 Å². The molecule has 4 nitrogen and oxygen atoms in total. The standard InChI is InChI=1S/C11H22N4/c1-9(2)6-12-7-10-13-8-14-15(10)11(3,4)5/h8-9,12H,6-7H2,1-5H3. The molecule has 1 rings (SSSR count). The molecule has 1 heterocycles. The second-order valence-electron chi connectivity index (χ2n) is 5.28. The number of aromatic nitrogens is 3. The Morgan fingerprint density at radius 3 is 2.60 bits per heavy atom. The first kappa shape index (κ1) is 12.2. The lowest BCUT2D eigenvalue weighted by Gasteiger charge is -2.21. The Kier molecular flexibility index (Phi) is 3.85. The van der Waals surface area contributed by atoms with E-state index in [9.17, 15) is 0 Å². The van der Waals surface area contributed by atoms with Crippen molar-refractivity contribution in [1.29, 1.82) is 0 Å². The van der Waals surface area contributed by atoms with Gasteiger partial charge in [0.15, 0.2) is 0 Å². The van der Waals surface area contributed by atoms with E-state index in [1.54, 1.807) is 6.33 Å². The van der Waals surface area contributed by atoms with Gasteiger partial charge in [0, 0.05) is 0 Å². The van der Waals surface area contributed by atoms with E-state index in [0.717, 1.165) is 18.9 Å². The lowest BCUT2D eigenvalue weighted by atomic mass is 10.1. The summed E-state index contributed by atoms with van der Waals surface area (Å²) in [5, 5.41) is 7.63. The summed E-state index contributed by atoms with van der Waals surface area (Å²) in [5.74, 6) is 1.67. The van der Waals surface area contributed by atoms with Gasteiger partial charge in [-0.1, -0.05) is 13.8 Å². The third-order valence-corrected chi connectivity index (χ3v) is 2.09. The summed E-state index contributed by atoms with van der Waals surface area (Å²) < 4.78 is 1.97. The highest BCUT2D eigenvalue weighted by Crippen LogP contribution is 2.13. The molecular weight excluding hydrogens is 188 g/mol. The van der Waals surface area contributed by atoms with E-state index in [0.29, 0.717) is 5.92 Å². The van der Waals surface area contributed by atoms with Crippen molar-refractivity contribution < 1.29 is 0 Å². The van der Waals surface area contributed by atoms with E-state index in [-0.39, 0.29) is 5.54 Å². The van der Waals surface area contributed by atoms with Crippen LogP contribution in [0.5, 0.6) is 0 Å². The summed E-state index contributed by atoms with van der Waals surface area (Å²) in [7, 11) is 0. The molecule has 0 aliphatic rings. The predicted molar refractivity (Wildman–Crippen MR) is 61.6 cm³/mol. The van der Waals surface area contributed by atoms with Crippen LogP contribution in [0.2, 0.25) is 0 Å². The molecule has 1 aromatic rings. The minimum absolute atomic E-state index is 0.00530. The van der Waals surface area contributed by atoms with Gasteiger partial charge in [0.1, 0.15) is 12.2 Å². The van der Waals surface area contributed by atoms with Gasteiger partial charge in [-0.2, -0.15) is 5.10 Å². The second-order valence-corrected chi connectivity index (χ2v) is 5.28. The van der Waals surface area contributed by atoms with Crippen LogP contribution in [-0.4, -0.2) is 21.3 Å². The largest absolute Gasteiger partial charge is 0.310 e. The van der Waals surface area contributed by atoms with Crippen LogP contribution < -0.4 is 5.32 Å². The summed E-state index contributed by atoms with van der Waals surface area (Å²) in [4.78, 5) is 4.27. The normalized spacial score (nSPS) is 12.4. The highest BCUT2D eigenvalue weighted by Gasteiger charge is 2.17. The Morgan fingerprint density at radius 1 is 1.40 bits per heavy atom. The predicted octanol–water partition coefficient (Wildman–Crippen LogP) is 1.78. The summed E-state index contributed by atoms with van der Waals surface area (Å²) >= 11 is 0. The van der Waals surface area contributed by atoms with Crippen LogP contribution >= 0.6 is 0 Å². The van der Waals surface area contributed by atoms with Crippen molar-refractivity contribution in [3.8, 4) is 0 Å². The van der Waals surface area contributed by atoms with E-state index in [1.807, 2.05) is 4.68 Å². The Hall–Kier alpha value is -0.900. The van der Waals surface area contributed by atoms with Gasteiger partial charge in [-0.3, -0.25) is 0 Å². The van der Waals surface area contributed by atoms with Crippen LogP contribution in [0.3, 0.4) is 0 Å². The van der Waals surface area contributed by atoms with Gasteiger partial charge in [-0.15, -0.1) is 0 Å². The monoisotopic (exact) mass is 210 g/mol. The Morgan fingerprint density at radius 2 is 2.07 bits per heavy atom.